The molecule has 1 unspecified atom stereocenters. The van der Waals surface area contributed by atoms with Gasteiger partial charge in [-0.05, 0) is 61.0 Å². The number of carbonyl (C=O) groups excluding carboxylic acids is 1. The highest BCUT2D eigenvalue weighted by molar-refractivity contribution is 6.10. The summed E-state index contributed by atoms with van der Waals surface area (Å²) in [5.41, 5.74) is 1.25. The van der Waals surface area contributed by atoms with Gasteiger partial charge in [-0.15, -0.1) is 0 Å². The minimum absolute atomic E-state index is 0.0315. The lowest BCUT2D eigenvalue weighted by atomic mass is 9.98. The Hall–Kier alpha value is -4.46. The van der Waals surface area contributed by atoms with E-state index in [4.69, 9.17) is 9.15 Å². The summed E-state index contributed by atoms with van der Waals surface area (Å²) >= 11 is 0. The van der Waals surface area contributed by atoms with Crippen LogP contribution in [0.5, 0.6) is 5.75 Å². The van der Waals surface area contributed by atoms with Crippen LogP contribution in [0.2, 0.25) is 0 Å². The van der Waals surface area contributed by atoms with Crippen molar-refractivity contribution in [2.75, 3.05) is 11.5 Å². The first-order valence-electron chi connectivity index (χ1n) is 10.4. The molecule has 3 aromatic carbocycles. The first kappa shape index (κ1) is 20.4. The summed E-state index contributed by atoms with van der Waals surface area (Å²) in [6, 6.07) is 18.7. The number of para-hydroxylation sites is 1. The number of benzene rings is 3. The largest absolute Gasteiger partial charge is 0.494 e. The van der Waals surface area contributed by atoms with Gasteiger partial charge in [0.1, 0.15) is 11.3 Å². The van der Waals surface area contributed by atoms with Crippen molar-refractivity contribution in [2.45, 2.75) is 13.0 Å². The van der Waals surface area contributed by atoms with Gasteiger partial charge in [0.05, 0.1) is 28.5 Å². The molecular weight excluding hydrogens is 424 g/mol. The number of carbonyl (C=O) groups is 1. The van der Waals surface area contributed by atoms with Crippen molar-refractivity contribution in [1.82, 2.24) is 0 Å². The number of hydrogen-bond donors (Lipinski definition) is 0. The smallest absolute Gasteiger partial charge is 0.295 e. The second-order valence-corrected chi connectivity index (χ2v) is 7.52. The highest BCUT2D eigenvalue weighted by Crippen LogP contribution is 2.41. The minimum atomic E-state index is -0.799. The molecule has 1 aliphatic heterocycles. The number of rotatable bonds is 5. The lowest BCUT2D eigenvalue weighted by molar-refractivity contribution is -0.384. The second-order valence-electron chi connectivity index (χ2n) is 7.52. The Balaban J connectivity index is 1.72. The van der Waals surface area contributed by atoms with Crippen molar-refractivity contribution in [3.63, 3.8) is 0 Å². The predicted molar refractivity (Wildman–Crippen MR) is 122 cm³/mol. The number of amides is 1. The molecule has 0 N–H and O–H groups in total. The number of non-ortho nitro benzene ring substituents is 1. The molecular formula is C25H18N2O6. The third-order valence-corrected chi connectivity index (χ3v) is 5.62. The van der Waals surface area contributed by atoms with Crippen LogP contribution in [-0.4, -0.2) is 17.4 Å². The molecule has 0 radical (unpaired) electrons. The minimum Gasteiger partial charge on any atom is -0.494 e. The van der Waals surface area contributed by atoms with Crippen LogP contribution in [0, 0.1) is 10.1 Å². The van der Waals surface area contributed by atoms with E-state index in [0.29, 0.717) is 34.6 Å². The molecule has 0 spiro atoms. The van der Waals surface area contributed by atoms with Gasteiger partial charge in [-0.2, -0.15) is 0 Å². The van der Waals surface area contributed by atoms with Gasteiger partial charge in [0.25, 0.3) is 11.6 Å². The number of nitro benzene ring substituents is 1. The van der Waals surface area contributed by atoms with Gasteiger partial charge < -0.3 is 9.15 Å². The van der Waals surface area contributed by atoms with Crippen molar-refractivity contribution in [2.24, 2.45) is 0 Å². The van der Waals surface area contributed by atoms with Gasteiger partial charge in [0.2, 0.25) is 5.76 Å². The average Bonchev–Trinajstić information content (AvgIpc) is 3.12. The van der Waals surface area contributed by atoms with E-state index in [1.165, 1.54) is 17.0 Å². The molecule has 5 rings (SSSR count). The molecule has 0 bridgehead atoms. The number of fused-ring (bicyclic) bond motifs is 2. The molecule has 0 saturated carbocycles. The van der Waals surface area contributed by atoms with Crippen molar-refractivity contribution < 1.29 is 18.9 Å². The van der Waals surface area contributed by atoms with Crippen LogP contribution in [-0.2, 0) is 0 Å². The molecule has 0 saturated heterocycles. The molecule has 1 aromatic heterocycles. The Bertz CT molecular complexity index is 1440. The monoisotopic (exact) mass is 442 g/mol. The van der Waals surface area contributed by atoms with Gasteiger partial charge in [-0.3, -0.25) is 24.6 Å². The normalized spacial score (nSPS) is 15.0. The summed E-state index contributed by atoms with van der Waals surface area (Å²) in [4.78, 5) is 39.1. The van der Waals surface area contributed by atoms with Crippen molar-refractivity contribution in [3.05, 3.63) is 110 Å². The SMILES string of the molecule is CCOc1ccc(N2C(=O)c3oc4ccccc4c(=O)c3C2c2ccc([N+](=O)[O-])cc2)cc1. The average molecular weight is 442 g/mol. The fraction of sp³-hybridized carbons (Fsp3) is 0.120. The Labute approximate surface area is 187 Å². The van der Waals surface area contributed by atoms with Crippen molar-refractivity contribution in [1.29, 1.82) is 0 Å². The highest BCUT2D eigenvalue weighted by Gasteiger charge is 2.43. The Morgan fingerprint density at radius 1 is 1.00 bits per heavy atom. The zero-order chi connectivity index (χ0) is 23.1. The van der Waals surface area contributed by atoms with E-state index in [1.54, 1.807) is 60.7 Å². The van der Waals surface area contributed by atoms with Crippen LogP contribution in [0.3, 0.4) is 0 Å². The Morgan fingerprint density at radius 3 is 2.36 bits per heavy atom. The number of hydrogen-bond acceptors (Lipinski definition) is 6. The van der Waals surface area contributed by atoms with E-state index in [9.17, 15) is 19.7 Å². The molecule has 1 amide bonds. The van der Waals surface area contributed by atoms with Crippen LogP contribution in [0.1, 0.15) is 34.6 Å². The Morgan fingerprint density at radius 2 is 1.70 bits per heavy atom. The molecule has 8 nitrogen and oxygen atoms in total. The summed E-state index contributed by atoms with van der Waals surface area (Å²) in [5, 5.41) is 11.5. The van der Waals surface area contributed by atoms with E-state index in [2.05, 4.69) is 0 Å². The zero-order valence-corrected chi connectivity index (χ0v) is 17.6. The number of nitrogens with zero attached hydrogens (tertiary/aromatic N) is 2. The molecule has 1 atom stereocenters. The molecule has 33 heavy (non-hydrogen) atoms. The van der Waals surface area contributed by atoms with E-state index in [1.807, 2.05) is 6.92 Å². The summed E-state index contributed by atoms with van der Waals surface area (Å²) in [7, 11) is 0. The quantitative estimate of drug-likeness (QED) is 0.323. The van der Waals surface area contributed by atoms with Crippen LogP contribution in [0.15, 0.2) is 82.0 Å². The maximum atomic E-state index is 13.5. The molecule has 1 aliphatic rings. The van der Waals surface area contributed by atoms with E-state index >= 15 is 0 Å². The molecule has 164 valence electrons. The lowest BCUT2D eigenvalue weighted by Crippen LogP contribution is -2.29. The maximum absolute atomic E-state index is 13.5. The summed E-state index contributed by atoms with van der Waals surface area (Å²) in [6.45, 7) is 2.38. The third-order valence-electron chi connectivity index (χ3n) is 5.62. The first-order valence-corrected chi connectivity index (χ1v) is 10.4. The van der Waals surface area contributed by atoms with Crippen LogP contribution in [0.25, 0.3) is 11.0 Å². The van der Waals surface area contributed by atoms with Gasteiger partial charge >= 0.3 is 0 Å². The number of ether oxygens (including phenoxy) is 1. The predicted octanol–water partition coefficient (Wildman–Crippen LogP) is 4.85. The maximum Gasteiger partial charge on any atom is 0.295 e. The summed E-state index contributed by atoms with van der Waals surface area (Å²) in [6.07, 6.45) is 0. The number of anilines is 1. The molecule has 4 aromatic rings. The van der Waals surface area contributed by atoms with Crippen LogP contribution in [0.4, 0.5) is 11.4 Å². The van der Waals surface area contributed by atoms with Crippen molar-refractivity contribution in [3.8, 4) is 5.75 Å². The van der Waals surface area contributed by atoms with E-state index < -0.39 is 16.9 Å². The van der Waals surface area contributed by atoms with E-state index in [0.717, 1.165) is 0 Å². The first-order chi connectivity index (χ1) is 16.0. The summed E-state index contributed by atoms with van der Waals surface area (Å²) in [5.74, 6) is 0.161. The molecule has 8 heteroatoms. The van der Waals surface area contributed by atoms with E-state index in [-0.39, 0.29) is 22.4 Å². The van der Waals surface area contributed by atoms with Gasteiger partial charge in [-0.1, -0.05) is 12.1 Å². The van der Waals surface area contributed by atoms with Crippen LogP contribution >= 0.6 is 0 Å². The Kier molecular flexibility index (Phi) is 4.90. The summed E-state index contributed by atoms with van der Waals surface area (Å²) < 4.78 is 11.4. The van der Waals surface area contributed by atoms with Gasteiger partial charge in [0.15, 0.2) is 5.43 Å². The highest BCUT2D eigenvalue weighted by atomic mass is 16.6. The fourth-order valence-electron chi connectivity index (χ4n) is 4.15. The number of nitro groups is 1. The zero-order valence-electron chi connectivity index (χ0n) is 17.6. The van der Waals surface area contributed by atoms with Gasteiger partial charge in [-0.25, -0.2) is 0 Å². The third kappa shape index (κ3) is 3.32. The lowest BCUT2D eigenvalue weighted by Gasteiger charge is -2.25. The van der Waals surface area contributed by atoms with Crippen molar-refractivity contribution >= 4 is 28.3 Å². The topological polar surface area (TPSA) is 103 Å². The standard InChI is InChI=1S/C25H18N2O6/c1-2-32-18-13-11-16(12-14-18)26-22(15-7-9-17(10-8-15)27(30)31)21-23(28)19-5-3-4-6-20(19)33-24(21)25(26)29/h3-14,22H,2H2,1H3. The molecule has 0 fully saturated rings. The van der Waals surface area contributed by atoms with Crippen LogP contribution < -0.4 is 15.1 Å². The molecule has 0 aliphatic carbocycles. The fourth-order valence-corrected chi connectivity index (χ4v) is 4.15. The molecule has 2 heterocycles. The van der Waals surface area contributed by atoms with Gasteiger partial charge in [0, 0.05) is 17.8 Å². The second kappa shape index (κ2) is 7.90.